The third-order valence-electron chi connectivity index (χ3n) is 6.72. The molecule has 8 N–H and O–H groups in total. The summed E-state index contributed by atoms with van der Waals surface area (Å²) >= 11 is 3.31. The number of β-lactam (4-membered cyclic amide) rings is 1. The number of hydrogen-bond donors (Lipinski definition) is 7. The number of amides is 4. The second kappa shape index (κ2) is 15.4. The number of thiazole rings is 1. The maximum Gasteiger partial charge on any atom is 1.00 e. The summed E-state index contributed by atoms with van der Waals surface area (Å²) in [6.07, 6.45) is 1.44. The first-order chi connectivity index (χ1) is 22.0. The SMILES string of the molecule is Cn1nnnc1SCC1=C(C(=O)[O-])N2C(=O)[C@@H](NC(=O)C(c3csc(=N)[nH]3)N(C(N)=O)c3cnc(NCCCO)nc3O)[C@@H]2SC1.[Na+]. The van der Waals surface area contributed by atoms with Crippen LogP contribution in [0, 0.1) is 5.41 Å². The van der Waals surface area contributed by atoms with E-state index < -0.39 is 47.2 Å². The molecular formula is C23H26N13NaO7S3. The summed E-state index contributed by atoms with van der Waals surface area (Å²) in [6, 6.07) is -4.02. The third-order valence-corrected chi connectivity index (χ3v) is 9.87. The topological polar surface area (TPSA) is 297 Å². The average Bonchev–Trinajstić information content (AvgIpc) is 3.64. The van der Waals surface area contributed by atoms with Gasteiger partial charge in [-0.1, -0.05) is 11.8 Å². The van der Waals surface area contributed by atoms with Crippen molar-refractivity contribution in [2.75, 3.05) is 34.9 Å². The number of primary amides is 1. The maximum atomic E-state index is 13.9. The fourth-order valence-corrected chi connectivity index (χ4v) is 7.58. The predicted molar refractivity (Wildman–Crippen MR) is 160 cm³/mol. The molecule has 24 heteroatoms. The van der Waals surface area contributed by atoms with Crippen LogP contribution in [-0.2, 0) is 21.4 Å². The van der Waals surface area contributed by atoms with E-state index in [9.17, 15) is 29.4 Å². The van der Waals surface area contributed by atoms with Gasteiger partial charge in [-0.2, -0.15) is 4.98 Å². The van der Waals surface area contributed by atoms with Crippen LogP contribution >= 0.6 is 34.9 Å². The molecule has 0 saturated carbocycles. The molecule has 1 fully saturated rings. The average molecular weight is 716 g/mol. The van der Waals surface area contributed by atoms with Gasteiger partial charge in [-0.3, -0.25) is 24.8 Å². The van der Waals surface area contributed by atoms with Crippen molar-refractivity contribution >= 4 is 70.3 Å². The molecule has 0 radical (unpaired) electrons. The van der Waals surface area contributed by atoms with Gasteiger partial charge in [0.25, 0.3) is 5.91 Å². The largest absolute Gasteiger partial charge is 1.00 e. The molecule has 0 aromatic carbocycles. The molecule has 47 heavy (non-hydrogen) atoms. The smallest absolute Gasteiger partial charge is 0.543 e. The number of thioether (sulfide) groups is 2. The first-order valence-corrected chi connectivity index (χ1v) is 16.2. The van der Waals surface area contributed by atoms with E-state index in [0.29, 0.717) is 22.1 Å². The number of aromatic amines is 1. The summed E-state index contributed by atoms with van der Waals surface area (Å²) in [5.74, 6) is -3.58. The summed E-state index contributed by atoms with van der Waals surface area (Å²) in [6.45, 7) is 0.196. The Morgan fingerprint density at radius 2 is 2.15 bits per heavy atom. The Balaban J connectivity index is 0.00000500. The van der Waals surface area contributed by atoms with Crippen molar-refractivity contribution in [3.8, 4) is 5.88 Å². The van der Waals surface area contributed by atoms with Gasteiger partial charge in [0.1, 0.15) is 17.1 Å². The number of fused-ring (bicyclic) bond motifs is 1. The van der Waals surface area contributed by atoms with Gasteiger partial charge < -0.3 is 41.5 Å². The van der Waals surface area contributed by atoms with Crippen molar-refractivity contribution in [1.29, 1.82) is 5.41 Å². The van der Waals surface area contributed by atoms with Gasteiger partial charge in [-0.15, -0.1) is 28.2 Å². The minimum Gasteiger partial charge on any atom is -0.543 e. The molecule has 20 nitrogen and oxygen atoms in total. The Bertz CT molecular complexity index is 1770. The van der Waals surface area contributed by atoms with Gasteiger partial charge >= 0.3 is 35.6 Å². The summed E-state index contributed by atoms with van der Waals surface area (Å²) in [5.41, 5.74) is 5.46. The number of aromatic hydroxyl groups is 1. The van der Waals surface area contributed by atoms with E-state index in [1.165, 1.54) is 33.6 Å². The molecule has 2 aliphatic rings. The van der Waals surface area contributed by atoms with Crippen LogP contribution in [0.25, 0.3) is 0 Å². The number of anilines is 2. The molecule has 3 aromatic rings. The van der Waals surface area contributed by atoms with Crippen LogP contribution < -0.4 is 60.7 Å². The van der Waals surface area contributed by atoms with Crippen molar-refractivity contribution in [2.24, 2.45) is 12.8 Å². The van der Waals surface area contributed by atoms with Crippen molar-refractivity contribution in [2.45, 2.75) is 29.0 Å². The second-order valence-electron chi connectivity index (χ2n) is 9.67. The molecule has 0 aliphatic carbocycles. The van der Waals surface area contributed by atoms with E-state index in [4.69, 9.17) is 16.2 Å². The van der Waals surface area contributed by atoms with Gasteiger partial charge in [0, 0.05) is 37.1 Å². The number of nitrogens with zero attached hydrogens (tertiary/aromatic N) is 8. The molecule has 0 bridgehead atoms. The number of aliphatic carboxylic acids is 1. The van der Waals surface area contributed by atoms with Crippen LogP contribution in [-0.4, -0.2) is 110 Å². The minimum atomic E-state index is -1.63. The Morgan fingerprint density at radius 3 is 2.74 bits per heavy atom. The molecular weight excluding hydrogens is 690 g/mol. The molecule has 1 unspecified atom stereocenters. The maximum absolute atomic E-state index is 13.9. The minimum absolute atomic E-state index is 0. The Kier molecular flexibility index (Phi) is 11.9. The van der Waals surface area contributed by atoms with Crippen LogP contribution in [0.4, 0.5) is 16.4 Å². The van der Waals surface area contributed by atoms with Gasteiger partial charge in [-0.05, 0) is 22.4 Å². The zero-order chi connectivity index (χ0) is 33.1. The number of aryl methyl sites for hydroxylation is 1. The number of aliphatic hydroxyl groups excluding tert-OH is 1. The number of aliphatic hydroxyl groups is 1. The third kappa shape index (κ3) is 7.55. The van der Waals surface area contributed by atoms with Crippen molar-refractivity contribution < 1.29 is 64.1 Å². The molecule has 5 heterocycles. The predicted octanol–water partition coefficient (Wildman–Crippen LogP) is -5.80. The van der Waals surface area contributed by atoms with Crippen LogP contribution in [0.2, 0.25) is 0 Å². The second-order valence-corrected chi connectivity index (χ2v) is 12.6. The molecule has 4 amide bonds. The molecule has 3 aromatic heterocycles. The van der Waals surface area contributed by atoms with Crippen LogP contribution in [0.3, 0.4) is 0 Å². The standard InChI is InChI=1S/C23H27N13O7S3.Na/c1-34-23(31-32-33-34)46-7-9-6-44-18-12(17(40)36(18)13(9)19(41)42)29-16(39)14(10-8-45-20(24)28-10)35(21(25)43)11-5-27-22(30-15(11)38)26-3-2-4-37;/h5,8,12,14,18,37H,2-4,6-7H2,1H3,(H2,24,28)(H2,25,43)(H,29,39)(H,41,42)(H2,26,27,30,38);/q;+1/p-1/t12-,14?,18+;/m1./s1. The van der Waals surface area contributed by atoms with Gasteiger partial charge in [0.2, 0.25) is 22.9 Å². The molecule has 2 aliphatic heterocycles. The fraction of sp³-hybridized carbons (Fsp3) is 0.391. The summed E-state index contributed by atoms with van der Waals surface area (Å²) in [4.78, 5) is 64.4. The summed E-state index contributed by atoms with van der Waals surface area (Å²) in [7, 11) is 1.63. The van der Waals surface area contributed by atoms with Gasteiger partial charge in [0.05, 0.1) is 23.6 Å². The Morgan fingerprint density at radius 1 is 1.38 bits per heavy atom. The number of rotatable bonds is 13. The molecule has 1 saturated heterocycles. The molecule has 244 valence electrons. The number of aromatic nitrogens is 7. The number of carbonyl (C=O) groups is 4. The number of carbonyl (C=O) groups excluding carboxylic acids is 4. The first kappa shape index (κ1) is 36.1. The van der Waals surface area contributed by atoms with Crippen LogP contribution in [0.15, 0.2) is 28.0 Å². The molecule has 3 atom stereocenters. The first-order valence-electron chi connectivity index (χ1n) is 13.3. The number of tetrazole rings is 1. The number of carboxylic acids is 1. The van der Waals surface area contributed by atoms with E-state index in [2.05, 4.69) is 41.1 Å². The fourth-order valence-electron chi connectivity index (χ4n) is 4.64. The van der Waals surface area contributed by atoms with Crippen molar-refractivity contribution in [1.82, 2.24) is 45.4 Å². The zero-order valence-corrected chi connectivity index (χ0v) is 29.2. The Labute approximate surface area is 299 Å². The molecule has 0 spiro atoms. The van der Waals surface area contributed by atoms with Crippen LogP contribution in [0.5, 0.6) is 5.88 Å². The Hall–Kier alpha value is -3.74. The monoisotopic (exact) mass is 715 g/mol. The van der Waals surface area contributed by atoms with E-state index in [-0.39, 0.29) is 82.0 Å². The number of urea groups is 1. The number of hydrogen-bond acceptors (Lipinski definition) is 17. The van der Waals surface area contributed by atoms with E-state index in [1.54, 1.807) is 7.05 Å². The number of H-pyrrole nitrogens is 1. The number of nitrogens with one attached hydrogen (secondary N) is 4. The van der Waals surface area contributed by atoms with E-state index >= 15 is 0 Å². The van der Waals surface area contributed by atoms with E-state index in [0.717, 1.165) is 22.4 Å². The van der Waals surface area contributed by atoms with Crippen LogP contribution in [0.1, 0.15) is 18.2 Å². The quantitative estimate of drug-likeness (QED) is 0.0375. The normalized spacial score (nSPS) is 17.7. The number of carboxylic acid groups (broad SMARTS) is 1. The number of nitrogens with two attached hydrogens (primary N) is 1. The summed E-state index contributed by atoms with van der Waals surface area (Å²) in [5, 5.41) is 57.2. The van der Waals surface area contributed by atoms with Crippen molar-refractivity contribution in [3.05, 3.63) is 33.3 Å². The van der Waals surface area contributed by atoms with E-state index in [1.807, 2.05) is 0 Å². The molecule has 5 rings (SSSR count). The van der Waals surface area contributed by atoms with Gasteiger partial charge in [0.15, 0.2) is 10.8 Å². The van der Waals surface area contributed by atoms with Crippen molar-refractivity contribution in [3.63, 3.8) is 0 Å². The zero-order valence-electron chi connectivity index (χ0n) is 24.7. The summed E-state index contributed by atoms with van der Waals surface area (Å²) < 4.78 is 1.42. The van der Waals surface area contributed by atoms with Gasteiger partial charge in [-0.25, -0.2) is 14.5 Å².